The molecule has 0 amide bonds. The lowest BCUT2D eigenvalue weighted by atomic mass is 9.89. The van der Waals surface area contributed by atoms with E-state index in [0.29, 0.717) is 24.3 Å². The van der Waals surface area contributed by atoms with Crippen LogP contribution in [0.2, 0.25) is 0 Å². The molecule has 2 N–H and O–H groups in total. The van der Waals surface area contributed by atoms with Crippen LogP contribution in [0.5, 0.6) is 11.5 Å². The van der Waals surface area contributed by atoms with Gasteiger partial charge in [0.15, 0.2) is 12.6 Å². The molecule has 0 fully saturated rings. The molecule has 0 aliphatic heterocycles. The predicted octanol–water partition coefficient (Wildman–Crippen LogP) is 4.44. The molecule has 0 heterocycles. The van der Waals surface area contributed by atoms with Gasteiger partial charge in [0, 0.05) is 18.8 Å². The van der Waals surface area contributed by atoms with Gasteiger partial charge < -0.3 is 19.7 Å². The van der Waals surface area contributed by atoms with Crippen molar-refractivity contribution in [2.75, 3.05) is 0 Å². The molecule has 0 spiro atoms. The first-order chi connectivity index (χ1) is 12.1. The number of benzene rings is 2. The minimum atomic E-state index is -0.765. The molecule has 2 unspecified atom stereocenters. The van der Waals surface area contributed by atoms with E-state index in [2.05, 4.69) is 6.92 Å². The molecule has 0 aliphatic carbocycles. The largest absolute Gasteiger partial charge is 0.465 e. The SMILES string of the molecule is CCC(O)Oc1ccc(C(CC)c2ccc(OC(O)CC)cc2)cc1. The summed E-state index contributed by atoms with van der Waals surface area (Å²) in [5, 5.41) is 19.1. The summed E-state index contributed by atoms with van der Waals surface area (Å²) in [4.78, 5) is 0. The normalized spacial score (nSPS) is 14.6. The van der Waals surface area contributed by atoms with Gasteiger partial charge in [-0.05, 0) is 41.8 Å². The maximum Gasteiger partial charge on any atom is 0.197 e. The van der Waals surface area contributed by atoms with Crippen LogP contribution in [-0.2, 0) is 0 Å². The molecule has 2 rings (SSSR count). The van der Waals surface area contributed by atoms with Gasteiger partial charge in [-0.15, -0.1) is 0 Å². The van der Waals surface area contributed by atoms with E-state index in [9.17, 15) is 10.2 Å². The Morgan fingerprint density at radius 3 is 1.28 bits per heavy atom. The van der Waals surface area contributed by atoms with Crippen LogP contribution in [0.3, 0.4) is 0 Å². The number of aliphatic hydroxyl groups excluding tert-OH is 2. The maximum atomic E-state index is 9.57. The molecule has 136 valence electrons. The topological polar surface area (TPSA) is 58.9 Å². The minimum Gasteiger partial charge on any atom is -0.465 e. The zero-order chi connectivity index (χ0) is 18.2. The number of aliphatic hydroxyl groups is 2. The van der Waals surface area contributed by atoms with E-state index in [1.165, 1.54) is 11.1 Å². The minimum absolute atomic E-state index is 0.273. The Hall–Kier alpha value is -2.04. The van der Waals surface area contributed by atoms with Gasteiger partial charge in [-0.25, -0.2) is 0 Å². The third kappa shape index (κ3) is 5.48. The van der Waals surface area contributed by atoms with Gasteiger partial charge in [-0.2, -0.15) is 0 Å². The summed E-state index contributed by atoms with van der Waals surface area (Å²) in [6.45, 7) is 5.90. The first kappa shape index (κ1) is 19.3. The Labute approximate surface area is 150 Å². The quantitative estimate of drug-likeness (QED) is 0.660. The van der Waals surface area contributed by atoms with Gasteiger partial charge in [-0.3, -0.25) is 0 Å². The third-order valence-electron chi connectivity index (χ3n) is 4.22. The molecule has 0 saturated carbocycles. The highest BCUT2D eigenvalue weighted by Gasteiger charge is 2.13. The lowest BCUT2D eigenvalue weighted by molar-refractivity contribution is -0.0196. The molecule has 2 aromatic rings. The molecule has 4 nitrogen and oxygen atoms in total. The first-order valence-electron chi connectivity index (χ1n) is 8.96. The van der Waals surface area contributed by atoms with E-state index in [0.717, 1.165) is 6.42 Å². The Kier molecular flexibility index (Phi) is 7.29. The van der Waals surface area contributed by atoms with Crippen LogP contribution in [-0.4, -0.2) is 22.8 Å². The van der Waals surface area contributed by atoms with Crippen LogP contribution in [0.25, 0.3) is 0 Å². The Morgan fingerprint density at radius 2 is 1.00 bits per heavy atom. The van der Waals surface area contributed by atoms with Gasteiger partial charge in [-0.1, -0.05) is 45.0 Å². The van der Waals surface area contributed by atoms with Crippen LogP contribution >= 0.6 is 0 Å². The van der Waals surface area contributed by atoms with E-state index in [1.807, 2.05) is 62.4 Å². The average Bonchev–Trinajstić information content (AvgIpc) is 2.64. The van der Waals surface area contributed by atoms with Crippen molar-refractivity contribution in [2.24, 2.45) is 0 Å². The summed E-state index contributed by atoms with van der Waals surface area (Å²) >= 11 is 0. The molecule has 2 aromatic carbocycles. The molecule has 0 bridgehead atoms. The van der Waals surface area contributed by atoms with Crippen molar-refractivity contribution < 1.29 is 19.7 Å². The Balaban J connectivity index is 2.10. The van der Waals surface area contributed by atoms with Gasteiger partial charge in [0.1, 0.15) is 11.5 Å². The predicted molar refractivity (Wildman–Crippen MR) is 98.9 cm³/mol. The molecule has 0 saturated heterocycles. The fraction of sp³-hybridized carbons (Fsp3) is 0.429. The monoisotopic (exact) mass is 344 g/mol. The second-order valence-corrected chi connectivity index (χ2v) is 6.06. The highest BCUT2D eigenvalue weighted by Crippen LogP contribution is 2.30. The second-order valence-electron chi connectivity index (χ2n) is 6.06. The van der Waals surface area contributed by atoms with Gasteiger partial charge in [0.2, 0.25) is 0 Å². The van der Waals surface area contributed by atoms with Crippen molar-refractivity contribution in [2.45, 2.75) is 58.5 Å². The maximum absolute atomic E-state index is 9.57. The lowest BCUT2D eigenvalue weighted by Gasteiger charge is -2.18. The molecular weight excluding hydrogens is 316 g/mol. The van der Waals surface area contributed by atoms with E-state index in [-0.39, 0.29) is 5.92 Å². The summed E-state index contributed by atoms with van der Waals surface area (Å²) < 4.78 is 10.8. The van der Waals surface area contributed by atoms with Gasteiger partial charge in [0.05, 0.1) is 0 Å². The summed E-state index contributed by atoms with van der Waals surface area (Å²) in [6, 6.07) is 15.7. The van der Waals surface area contributed by atoms with Gasteiger partial charge >= 0.3 is 0 Å². The Morgan fingerprint density at radius 1 is 0.640 bits per heavy atom. The van der Waals surface area contributed by atoms with Crippen molar-refractivity contribution in [3.63, 3.8) is 0 Å². The van der Waals surface area contributed by atoms with Crippen molar-refractivity contribution in [1.29, 1.82) is 0 Å². The summed E-state index contributed by atoms with van der Waals surface area (Å²) in [5.74, 6) is 1.62. The average molecular weight is 344 g/mol. The first-order valence-corrected chi connectivity index (χ1v) is 8.96. The van der Waals surface area contributed by atoms with Gasteiger partial charge in [0.25, 0.3) is 0 Å². The molecule has 4 heteroatoms. The summed E-state index contributed by atoms with van der Waals surface area (Å²) in [7, 11) is 0. The van der Waals surface area contributed by atoms with Crippen LogP contribution in [0.1, 0.15) is 57.1 Å². The molecule has 0 aromatic heterocycles. The standard InChI is InChI=1S/C21H28O4/c1-4-19(15-7-11-17(12-8-15)24-20(22)5-2)16-9-13-18(14-10-16)25-21(23)6-3/h7-14,19-23H,4-6H2,1-3H3. The van der Waals surface area contributed by atoms with Crippen molar-refractivity contribution in [1.82, 2.24) is 0 Å². The van der Waals surface area contributed by atoms with Crippen LogP contribution in [0, 0.1) is 0 Å². The molecular formula is C21H28O4. The van der Waals surface area contributed by atoms with Crippen LogP contribution in [0.4, 0.5) is 0 Å². The fourth-order valence-corrected chi connectivity index (χ4v) is 2.70. The van der Waals surface area contributed by atoms with Crippen molar-refractivity contribution in [3.8, 4) is 11.5 Å². The Bertz CT molecular complexity index is 566. The van der Waals surface area contributed by atoms with Crippen molar-refractivity contribution in [3.05, 3.63) is 59.7 Å². The zero-order valence-electron chi connectivity index (χ0n) is 15.2. The second kappa shape index (κ2) is 9.44. The summed E-state index contributed by atoms with van der Waals surface area (Å²) in [6.07, 6.45) is 0.550. The van der Waals surface area contributed by atoms with E-state index >= 15 is 0 Å². The number of ether oxygens (including phenoxy) is 2. The van der Waals surface area contributed by atoms with Crippen LogP contribution < -0.4 is 9.47 Å². The highest BCUT2D eigenvalue weighted by atomic mass is 16.6. The zero-order valence-corrected chi connectivity index (χ0v) is 15.2. The number of hydrogen-bond acceptors (Lipinski definition) is 4. The molecule has 2 atom stereocenters. The number of rotatable bonds is 9. The molecule has 25 heavy (non-hydrogen) atoms. The smallest absolute Gasteiger partial charge is 0.197 e. The molecule has 0 aliphatic rings. The van der Waals surface area contributed by atoms with E-state index in [1.54, 1.807) is 0 Å². The number of hydrogen-bond donors (Lipinski definition) is 2. The van der Waals surface area contributed by atoms with E-state index < -0.39 is 12.6 Å². The summed E-state index contributed by atoms with van der Waals surface area (Å²) in [5.41, 5.74) is 2.39. The van der Waals surface area contributed by atoms with Crippen molar-refractivity contribution >= 4 is 0 Å². The van der Waals surface area contributed by atoms with E-state index in [4.69, 9.17) is 9.47 Å². The highest BCUT2D eigenvalue weighted by molar-refractivity contribution is 5.38. The molecule has 0 radical (unpaired) electrons. The lowest BCUT2D eigenvalue weighted by Crippen LogP contribution is -2.13. The fourth-order valence-electron chi connectivity index (χ4n) is 2.70. The third-order valence-corrected chi connectivity index (χ3v) is 4.22. The van der Waals surface area contributed by atoms with Crippen LogP contribution in [0.15, 0.2) is 48.5 Å².